The predicted octanol–water partition coefficient (Wildman–Crippen LogP) is 1.23. The predicted molar refractivity (Wildman–Crippen MR) is 60.0 cm³/mol. The van der Waals surface area contributed by atoms with Crippen molar-refractivity contribution in [1.29, 1.82) is 5.26 Å². The molecule has 0 saturated carbocycles. The number of nitrogens with one attached hydrogen (secondary N) is 1. The van der Waals surface area contributed by atoms with Crippen LogP contribution in [0.15, 0.2) is 18.2 Å². The summed E-state index contributed by atoms with van der Waals surface area (Å²) in [5.41, 5.74) is 5.58. The summed E-state index contributed by atoms with van der Waals surface area (Å²) in [5.74, 6) is 0. The normalized spacial score (nSPS) is 11.6. The Kier molecular flexibility index (Phi) is 3.80. The Morgan fingerprint density at radius 3 is 2.88 bits per heavy atom. The van der Waals surface area contributed by atoms with Crippen LogP contribution >= 0.6 is 0 Å². The van der Waals surface area contributed by atoms with Gasteiger partial charge in [0, 0.05) is 12.6 Å². The molecule has 1 unspecified atom stereocenters. The van der Waals surface area contributed by atoms with Crippen molar-refractivity contribution in [2.75, 3.05) is 11.9 Å². The molecule has 0 radical (unpaired) electrons. The van der Waals surface area contributed by atoms with Crippen LogP contribution in [0.3, 0.4) is 0 Å². The van der Waals surface area contributed by atoms with Crippen LogP contribution in [0.4, 0.5) is 11.4 Å². The number of hydrogen-bond donors (Lipinski definition) is 2. The highest BCUT2D eigenvalue weighted by Gasteiger charge is 2.19. The van der Waals surface area contributed by atoms with Crippen molar-refractivity contribution in [2.24, 2.45) is 5.73 Å². The van der Waals surface area contributed by atoms with Crippen LogP contribution in [-0.4, -0.2) is 17.5 Å². The van der Waals surface area contributed by atoms with E-state index in [9.17, 15) is 10.1 Å². The van der Waals surface area contributed by atoms with E-state index in [2.05, 4.69) is 5.32 Å². The first kappa shape index (κ1) is 11.9. The van der Waals surface area contributed by atoms with E-state index in [4.69, 9.17) is 11.0 Å². The van der Waals surface area contributed by atoms with Gasteiger partial charge in [-0.3, -0.25) is 10.1 Å². The van der Waals surface area contributed by atoms with Gasteiger partial charge in [0.2, 0.25) is 0 Å². The molecule has 0 amide bonds. The number of nitriles is 1. The molecule has 1 aromatic carbocycles. The number of rotatable bonds is 4. The number of benzene rings is 1. The zero-order chi connectivity index (χ0) is 12.1. The van der Waals surface area contributed by atoms with Gasteiger partial charge < -0.3 is 11.1 Å². The van der Waals surface area contributed by atoms with E-state index in [1.165, 1.54) is 6.07 Å². The number of anilines is 1. The number of para-hydroxylation sites is 1. The molecule has 0 aliphatic rings. The van der Waals surface area contributed by atoms with Gasteiger partial charge in [-0.1, -0.05) is 6.07 Å². The second-order valence-electron chi connectivity index (χ2n) is 3.35. The lowest BCUT2D eigenvalue weighted by molar-refractivity contribution is -0.384. The maximum Gasteiger partial charge on any atom is 0.309 e. The SMILES string of the molecule is CC(CN)Nc1cccc(C#N)c1[N+](=O)[O-]. The van der Waals surface area contributed by atoms with Crippen LogP contribution in [0.1, 0.15) is 12.5 Å². The Morgan fingerprint density at radius 1 is 1.69 bits per heavy atom. The third-order valence-electron chi connectivity index (χ3n) is 2.09. The molecule has 0 saturated heterocycles. The summed E-state index contributed by atoms with van der Waals surface area (Å²) in [7, 11) is 0. The lowest BCUT2D eigenvalue weighted by atomic mass is 10.1. The third kappa shape index (κ3) is 2.46. The van der Waals surface area contributed by atoms with Crippen molar-refractivity contribution >= 4 is 11.4 Å². The summed E-state index contributed by atoms with van der Waals surface area (Å²) in [4.78, 5) is 10.3. The van der Waals surface area contributed by atoms with Crippen LogP contribution in [-0.2, 0) is 0 Å². The fraction of sp³-hybridized carbons (Fsp3) is 0.300. The Labute approximate surface area is 92.8 Å². The molecular weight excluding hydrogens is 208 g/mol. The van der Waals surface area contributed by atoms with Gasteiger partial charge in [0.05, 0.1) is 4.92 Å². The van der Waals surface area contributed by atoms with Crippen LogP contribution in [0.2, 0.25) is 0 Å². The molecule has 0 fully saturated rings. The quantitative estimate of drug-likeness (QED) is 0.586. The van der Waals surface area contributed by atoms with Crippen molar-refractivity contribution in [3.05, 3.63) is 33.9 Å². The number of nitro groups is 1. The van der Waals surface area contributed by atoms with Crippen molar-refractivity contribution in [3.8, 4) is 6.07 Å². The van der Waals surface area contributed by atoms with Crippen LogP contribution in [0, 0.1) is 21.4 Å². The van der Waals surface area contributed by atoms with E-state index < -0.39 is 4.92 Å². The van der Waals surface area contributed by atoms with Crippen molar-refractivity contribution in [2.45, 2.75) is 13.0 Å². The molecule has 0 bridgehead atoms. The van der Waals surface area contributed by atoms with Gasteiger partial charge in [-0.15, -0.1) is 0 Å². The maximum atomic E-state index is 10.9. The molecule has 84 valence electrons. The zero-order valence-corrected chi connectivity index (χ0v) is 8.80. The smallest absolute Gasteiger partial charge is 0.309 e. The second-order valence-corrected chi connectivity index (χ2v) is 3.35. The van der Waals surface area contributed by atoms with E-state index in [-0.39, 0.29) is 17.3 Å². The van der Waals surface area contributed by atoms with Gasteiger partial charge in [0.25, 0.3) is 0 Å². The second kappa shape index (κ2) is 5.09. The van der Waals surface area contributed by atoms with Crippen LogP contribution in [0.25, 0.3) is 0 Å². The third-order valence-corrected chi connectivity index (χ3v) is 2.09. The summed E-state index contributed by atoms with van der Waals surface area (Å²) in [6.45, 7) is 2.16. The Hall–Kier alpha value is -2.13. The fourth-order valence-electron chi connectivity index (χ4n) is 1.27. The highest BCUT2D eigenvalue weighted by atomic mass is 16.6. The molecule has 0 spiro atoms. The summed E-state index contributed by atoms with van der Waals surface area (Å²) < 4.78 is 0. The van der Waals surface area contributed by atoms with E-state index in [0.29, 0.717) is 12.2 Å². The lowest BCUT2D eigenvalue weighted by Gasteiger charge is -2.13. The molecule has 6 heteroatoms. The summed E-state index contributed by atoms with van der Waals surface area (Å²) in [5, 5.41) is 22.5. The monoisotopic (exact) mass is 220 g/mol. The van der Waals surface area contributed by atoms with E-state index in [1.54, 1.807) is 18.2 Å². The zero-order valence-electron chi connectivity index (χ0n) is 8.80. The Bertz CT molecular complexity index is 439. The molecule has 0 aromatic heterocycles. The van der Waals surface area contributed by atoms with Gasteiger partial charge in [-0.05, 0) is 19.1 Å². The highest BCUT2D eigenvalue weighted by Crippen LogP contribution is 2.28. The van der Waals surface area contributed by atoms with Gasteiger partial charge >= 0.3 is 5.69 Å². The molecule has 3 N–H and O–H groups in total. The molecule has 6 nitrogen and oxygen atoms in total. The number of nitro benzene ring substituents is 1. The Balaban J connectivity index is 3.18. The average molecular weight is 220 g/mol. The minimum absolute atomic E-state index is 0.0409. The van der Waals surface area contributed by atoms with Crippen molar-refractivity contribution < 1.29 is 4.92 Å². The van der Waals surface area contributed by atoms with E-state index in [0.717, 1.165) is 0 Å². The first-order chi connectivity index (χ1) is 7.60. The molecule has 0 aliphatic heterocycles. The summed E-state index contributed by atoms with van der Waals surface area (Å²) >= 11 is 0. The highest BCUT2D eigenvalue weighted by molar-refractivity contribution is 5.68. The number of hydrogen-bond acceptors (Lipinski definition) is 5. The fourth-order valence-corrected chi connectivity index (χ4v) is 1.27. The minimum Gasteiger partial charge on any atom is -0.376 e. The topological polar surface area (TPSA) is 105 Å². The van der Waals surface area contributed by atoms with E-state index in [1.807, 2.05) is 6.92 Å². The molecule has 16 heavy (non-hydrogen) atoms. The molecule has 1 aromatic rings. The van der Waals surface area contributed by atoms with Gasteiger partial charge in [-0.2, -0.15) is 5.26 Å². The Morgan fingerprint density at radius 2 is 2.38 bits per heavy atom. The molecule has 0 heterocycles. The number of nitrogens with two attached hydrogens (primary N) is 1. The average Bonchev–Trinajstić information content (AvgIpc) is 2.28. The van der Waals surface area contributed by atoms with E-state index >= 15 is 0 Å². The summed E-state index contributed by atoms with van der Waals surface area (Å²) in [6.07, 6.45) is 0. The van der Waals surface area contributed by atoms with Crippen molar-refractivity contribution in [3.63, 3.8) is 0 Å². The van der Waals surface area contributed by atoms with Crippen LogP contribution in [0.5, 0.6) is 0 Å². The number of nitrogens with zero attached hydrogens (tertiary/aromatic N) is 2. The van der Waals surface area contributed by atoms with Crippen LogP contribution < -0.4 is 11.1 Å². The van der Waals surface area contributed by atoms with Gasteiger partial charge in [-0.25, -0.2) is 0 Å². The molecule has 0 aliphatic carbocycles. The van der Waals surface area contributed by atoms with Crippen molar-refractivity contribution in [1.82, 2.24) is 0 Å². The van der Waals surface area contributed by atoms with Gasteiger partial charge in [0.15, 0.2) is 0 Å². The lowest BCUT2D eigenvalue weighted by Crippen LogP contribution is -2.25. The standard InChI is InChI=1S/C10H12N4O2/c1-7(5-11)13-9-4-2-3-8(6-12)10(9)14(15)16/h2-4,7,13H,5,11H2,1H3. The van der Waals surface area contributed by atoms with Gasteiger partial charge in [0.1, 0.15) is 17.3 Å². The first-order valence-corrected chi connectivity index (χ1v) is 4.74. The minimum atomic E-state index is -0.565. The molecular formula is C10H12N4O2. The summed E-state index contributed by atoms with van der Waals surface area (Å²) in [6, 6.07) is 6.27. The molecule has 1 atom stereocenters. The molecule has 1 rings (SSSR count). The first-order valence-electron chi connectivity index (χ1n) is 4.74. The largest absolute Gasteiger partial charge is 0.376 e. The maximum absolute atomic E-state index is 10.9.